The Balaban J connectivity index is 2.13. The Hall–Kier alpha value is -0.970. The average molecular weight is 321 g/mol. The van der Waals surface area contributed by atoms with Gasteiger partial charge in [0.15, 0.2) is 0 Å². The molecule has 1 aliphatic rings. The number of nitrogens with zero attached hydrogens (tertiary/aromatic N) is 1. The van der Waals surface area contributed by atoms with Gasteiger partial charge in [0.25, 0.3) is 0 Å². The fourth-order valence-electron chi connectivity index (χ4n) is 2.93. The lowest BCUT2D eigenvalue weighted by atomic mass is 9.63. The molecule has 3 N–H and O–H groups in total. The molecule has 3 nitrogen and oxygen atoms in total. The van der Waals surface area contributed by atoms with E-state index in [0.717, 1.165) is 40.2 Å². The van der Waals surface area contributed by atoms with E-state index in [2.05, 4.69) is 20.9 Å². The van der Waals surface area contributed by atoms with Crippen LogP contribution in [0.25, 0.3) is 10.9 Å². The van der Waals surface area contributed by atoms with Gasteiger partial charge in [0.1, 0.15) is 0 Å². The number of fused-ring (bicyclic) bond motifs is 1. The first kappa shape index (κ1) is 13.0. The molecule has 1 aromatic carbocycles. The monoisotopic (exact) mass is 320 g/mol. The molecule has 4 heteroatoms. The summed E-state index contributed by atoms with van der Waals surface area (Å²) in [5.74, 6) is 0. The van der Waals surface area contributed by atoms with Gasteiger partial charge in [0.05, 0.1) is 11.6 Å². The Kier molecular flexibility index (Phi) is 3.33. The summed E-state index contributed by atoms with van der Waals surface area (Å²) in [5.41, 5.74) is 7.49. The highest BCUT2D eigenvalue weighted by atomic mass is 79.9. The molecule has 1 fully saturated rings. The van der Waals surface area contributed by atoms with E-state index >= 15 is 0 Å². The normalized spacial score (nSPS) is 19.1. The van der Waals surface area contributed by atoms with Crippen LogP contribution in [-0.4, -0.2) is 16.6 Å². The fraction of sp³-hybridized carbons (Fsp3) is 0.400. The zero-order valence-corrected chi connectivity index (χ0v) is 12.2. The summed E-state index contributed by atoms with van der Waals surface area (Å²) in [7, 11) is 0. The van der Waals surface area contributed by atoms with E-state index in [1.807, 2.05) is 24.3 Å². The molecule has 3 rings (SSSR count). The van der Waals surface area contributed by atoms with Crippen LogP contribution in [0.15, 0.2) is 34.9 Å². The van der Waals surface area contributed by atoms with Crippen LogP contribution in [-0.2, 0) is 0 Å². The number of pyridine rings is 1. The molecule has 1 atom stereocenters. The molecule has 0 radical (unpaired) electrons. The van der Waals surface area contributed by atoms with Crippen molar-refractivity contribution in [3.8, 4) is 0 Å². The van der Waals surface area contributed by atoms with Gasteiger partial charge in [-0.3, -0.25) is 4.98 Å². The summed E-state index contributed by atoms with van der Waals surface area (Å²) in [5, 5.41) is 11.8. The number of rotatable bonds is 3. The maximum atomic E-state index is 10.7. The van der Waals surface area contributed by atoms with Crippen LogP contribution in [0.2, 0.25) is 0 Å². The molecule has 1 saturated carbocycles. The molecule has 0 amide bonds. The Morgan fingerprint density at radius 2 is 2.16 bits per heavy atom. The third kappa shape index (κ3) is 1.98. The highest BCUT2D eigenvalue weighted by Gasteiger charge is 2.43. The number of benzene rings is 1. The van der Waals surface area contributed by atoms with E-state index in [1.54, 1.807) is 6.20 Å². The summed E-state index contributed by atoms with van der Waals surface area (Å²) in [6, 6.07) is 7.86. The van der Waals surface area contributed by atoms with Gasteiger partial charge in [-0.2, -0.15) is 0 Å². The molecule has 1 unspecified atom stereocenters. The van der Waals surface area contributed by atoms with Gasteiger partial charge in [-0.05, 0) is 25.0 Å². The quantitative estimate of drug-likeness (QED) is 0.913. The molecule has 1 aromatic heterocycles. The third-order valence-electron chi connectivity index (χ3n) is 4.38. The summed E-state index contributed by atoms with van der Waals surface area (Å²) in [4.78, 5) is 4.44. The van der Waals surface area contributed by atoms with Crippen molar-refractivity contribution in [1.29, 1.82) is 0 Å². The van der Waals surface area contributed by atoms with E-state index in [1.165, 1.54) is 0 Å². The topological polar surface area (TPSA) is 59.1 Å². The van der Waals surface area contributed by atoms with Crippen LogP contribution in [0.4, 0.5) is 0 Å². The van der Waals surface area contributed by atoms with Gasteiger partial charge in [0, 0.05) is 33.6 Å². The SMILES string of the molecule is NCC1(C(O)c2ccc(Br)c3cccnc23)CCC1. The number of aliphatic hydroxyl groups excluding tert-OH is 1. The van der Waals surface area contributed by atoms with Crippen molar-refractivity contribution in [2.45, 2.75) is 25.4 Å². The standard InChI is InChI=1S/C15H17BrN2O/c16-12-5-4-11(13-10(12)3-1-8-18-13)14(19)15(9-17)6-2-7-15/h1,3-5,8,14,19H,2,6-7,9,17H2. The van der Waals surface area contributed by atoms with Crippen LogP contribution in [0.1, 0.15) is 30.9 Å². The van der Waals surface area contributed by atoms with E-state index < -0.39 is 6.10 Å². The lowest BCUT2D eigenvalue weighted by Crippen LogP contribution is -2.42. The molecule has 1 heterocycles. The van der Waals surface area contributed by atoms with Gasteiger partial charge in [0.2, 0.25) is 0 Å². The van der Waals surface area contributed by atoms with Gasteiger partial charge in [-0.15, -0.1) is 0 Å². The molecule has 2 aromatic rings. The molecule has 0 saturated heterocycles. The number of hydrogen-bond acceptors (Lipinski definition) is 3. The van der Waals surface area contributed by atoms with Crippen LogP contribution in [0, 0.1) is 5.41 Å². The van der Waals surface area contributed by atoms with E-state index in [4.69, 9.17) is 5.73 Å². The number of halogens is 1. The second kappa shape index (κ2) is 4.85. The minimum atomic E-state index is -0.531. The number of nitrogens with two attached hydrogens (primary N) is 1. The highest BCUT2D eigenvalue weighted by molar-refractivity contribution is 9.10. The fourth-order valence-corrected chi connectivity index (χ4v) is 3.38. The molecule has 19 heavy (non-hydrogen) atoms. The molecular formula is C15H17BrN2O. The third-order valence-corrected chi connectivity index (χ3v) is 5.07. The summed E-state index contributed by atoms with van der Waals surface area (Å²) in [6.45, 7) is 0.526. The number of aromatic nitrogens is 1. The van der Waals surface area contributed by atoms with Crippen molar-refractivity contribution < 1.29 is 5.11 Å². The summed E-state index contributed by atoms with van der Waals surface area (Å²) < 4.78 is 1.00. The first-order chi connectivity index (χ1) is 9.18. The molecule has 0 bridgehead atoms. The van der Waals surface area contributed by atoms with Crippen molar-refractivity contribution in [3.05, 3.63) is 40.5 Å². The summed E-state index contributed by atoms with van der Waals surface area (Å²) >= 11 is 3.53. The van der Waals surface area contributed by atoms with Crippen LogP contribution < -0.4 is 5.73 Å². The molecule has 100 valence electrons. The first-order valence-electron chi connectivity index (χ1n) is 6.59. The lowest BCUT2D eigenvalue weighted by Gasteiger charge is -2.45. The average Bonchev–Trinajstić information content (AvgIpc) is 2.39. The second-order valence-corrected chi connectivity index (χ2v) is 6.21. The van der Waals surface area contributed by atoms with E-state index in [0.29, 0.717) is 6.54 Å². The lowest BCUT2D eigenvalue weighted by molar-refractivity contribution is -0.0289. The largest absolute Gasteiger partial charge is 0.388 e. The first-order valence-corrected chi connectivity index (χ1v) is 7.38. The Morgan fingerprint density at radius 3 is 2.79 bits per heavy atom. The van der Waals surface area contributed by atoms with E-state index in [-0.39, 0.29) is 5.41 Å². The van der Waals surface area contributed by atoms with Crippen LogP contribution in [0.5, 0.6) is 0 Å². The van der Waals surface area contributed by atoms with Crippen molar-refractivity contribution in [3.63, 3.8) is 0 Å². The van der Waals surface area contributed by atoms with Crippen molar-refractivity contribution in [1.82, 2.24) is 4.98 Å². The summed E-state index contributed by atoms with van der Waals surface area (Å²) in [6.07, 6.45) is 4.37. The van der Waals surface area contributed by atoms with E-state index in [9.17, 15) is 5.11 Å². The van der Waals surface area contributed by atoms with Gasteiger partial charge < -0.3 is 10.8 Å². The highest BCUT2D eigenvalue weighted by Crippen LogP contribution is 2.50. The number of hydrogen-bond donors (Lipinski definition) is 2. The second-order valence-electron chi connectivity index (χ2n) is 5.36. The minimum absolute atomic E-state index is 0.154. The predicted octanol–water partition coefficient (Wildman–Crippen LogP) is 3.16. The van der Waals surface area contributed by atoms with Crippen LogP contribution >= 0.6 is 15.9 Å². The zero-order valence-electron chi connectivity index (χ0n) is 10.6. The van der Waals surface area contributed by atoms with Gasteiger partial charge in [-0.25, -0.2) is 0 Å². The van der Waals surface area contributed by atoms with Gasteiger partial charge >= 0.3 is 0 Å². The predicted molar refractivity (Wildman–Crippen MR) is 79.7 cm³/mol. The molecule has 0 spiro atoms. The van der Waals surface area contributed by atoms with Crippen molar-refractivity contribution in [2.24, 2.45) is 11.1 Å². The maximum Gasteiger partial charge on any atom is 0.0879 e. The maximum absolute atomic E-state index is 10.7. The number of aliphatic hydroxyl groups is 1. The Morgan fingerprint density at radius 1 is 1.37 bits per heavy atom. The van der Waals surface area contributed by atoms with Crippen molar-refractivity contribution >= 4 is 26.8 Å². The zero-order chi connectivity index (χ0) is 13.5. The van der Waals surface area contributed by atoms with Crippen LogP contribution in [0.3, 0.4) is 0 Å². The Labute approximate surface area is 121 Å². The Bertz CT molecular complexity index is 605. The molecule has 1 aliphatic carbocycles. The minimum Gasteiger partial charge on any atom is -0.388 e. The van der Waals surface area contributed by atoms with Gasteiger partial charge in [-0.1, -0.05) is 34.5 Å². The molecule has 0 aliphatic heterocycles. The molecular weight excluding hydrogens is 304 g/mol. The smallest absolute Gasteiger partial charge is 0.0879 e. The van der Waals surface area contributed by atoms with Crippen molar-refractivity contribution in [2.75, 3.05) is 6.54 Å².